The Balaban J connectivity index is 2.65. The minimum atomic E-state index is -1.07. The van der Waals surface area contributed by atoms with E-state index in [0.717, 1.165) is 51.4 Å². The second kappa shape index (κ2) is 14.8. The average Bonchev–Trinajstić information content (AvgIpc) is 3.22. The van der Waals surface area contributed by atoms with Gasteiger partial charge in [-0.15, -0.1) is 0 Å². The SMILES string of the molecule is CCCCCC[C@H](NC(=O)[C@@H]1CCC[C@H]1C(=O)N[C@@H](CCCCCC)C(=O)O)C(=O)O. The molecule has 31 heavy (non-hydrogen) atoms. The first-order chi connectivity index (χ1) is 14.8. The predicted molar refractivity (Wildman–Crippen MR) is 117 cm³/mol. The van der Waals surface area contributed by atoms with Crippen molar-refractivity contribution in [3.05, 3.63) is 0 Å². The average molecular weight is 441 g/mol. The summed E-state index contributed by atoms with van der Waals surface area (Å²) in [6.07, 6.45) is 9.81. The monoisotopic (exact) mass is 440 g/mol. The number of unbranched alkanes of at least 4 members (excludes halogenated alkanes) is 6. The number of carbonyl (C=O) groups excluding carboxylic acids is 2. The summed E-state index contributed by atoms with van der Waals surface area (Å²) in [4.78, 5) is 48.6. The predicted octanol–water partition coefficient (Wildman–Crippen LogP) is 3.48. The molecule has 2 amide bonds. The standard InChI is InChI=1S/C23H40N2O6/c1-3-5-7-9-14-18(22(28)29)24-20(26)16-12-11-13-17(16)21(27)25-19(23(30)31)15-10-8-6-4-2/h16-19H,3-15H2,1-2H3,(H,24,26)(H,25,27)(H,28,29)(H,30,31)/t16-,17-,18+,19+/m1/s1. The molecule has 0 heterocycles. The van der Waals surface area contributed by atoms with Gasteiger partial charge in [-0.3, -0.25) is 9.59 Å². The van der Waals surface area contributed by atoms with E-state index in [0.29, 0.717) is 32.1 Å². The fourth-order valence-electron chi connectivity index (χ4n) is 4.21. The van der Waals surface area contributed by atoms with Crippen LogP contribution in [-0.2, 0) is 19.2 Å². The Hall–Kier alpha value is -2.12. The minimum absolute atomic E-state index is 0.365. The highest BCUT2D eigenvalue weighted by Gasteiger charge is 2.39. The molecule has 0 radical (unpaired) electrons. The third-order valence-corrected chi connectivity index (χ3v) is 6.11. The van der Waals surface area contributed by atoms with Crippen LogP contribution in [0.2, 0.25) is 0 Å². The van der Waals surface area contributed by atoms with E-state index in [9.17, 15) is 29.4 Å². The minimum Gasteiger partial charge on any atom is -0.480 e. The second-order valence-electron chi connectivity index (χ2n) is 8.64. The number of rotatable bonds is 16. The number of hydrogen-bond acceptors (Lipinski definition) is 4. The van der Waals surface area contributed by atoms with Crippen LogP contribution in [0.3, 0.4) is 0 Å². The molecule has 0 aliphatic heterocycles. The summed E-state index contributed by atoms with van der Waals surface area (Å²) in [5.74, 6) is -4.21. The maximum Gasteiger partial charge on any atom is 0.326 e. The van der Waals surface area contributed by atoms with Crippen LogP contribution < -0.4 is 10.6 Å². The number of carboxylic acids is 2. The Morgan fingerprint density at radius 2 is 1.10 bits per heavy atom. The molecule has 1 aliphatic rings. The number of carbonyl (C=O) groups is 4. The van der Waals surface area contributed by atoms with Gasteiger partial charge in [-0.05, 0) is 25.7 Å². The van der Waals surface area contributed by atoms with Crippen LogP contribution in [0.4, 0.5) is 0 Å². The molecule has 178 valence electrons. The van der Waals surface area contributed by atoms with Crippen molar-refractivity contribution in [2.45, 2.75) is 109 Å². The van der Waals surface area contributed by atoms with E-state index in [1.165, 1.54) is 0 Å². The Labute approximate surface area is 185 Å². The summed E-state index contributed by atoms with van der Waals surface area (Å²) in [5.41, 5.74) is 0. The molecule has 4 atom stereocenters. The van der Waals surface area contributed by atoms with Crippen molar-refractivity contribution in [2.24, 2.45) is 11.8 Å². The lowest BCUT2D eigenvalue weighted by molar-refractivity contribution is -0.145. The summed E-state index contributed by atoms with van der Waals surface area (Å²) >= 11 is 0. The summed E-state index contributed by atoms with van der Waals surface area (Å²) in [6, 6.07) is -1.92. The lowest BCUT2D eigenvalue weighted by Gasteiger charge is -2.23. The quantitative estimate of drug-likeness (QED) is 0.272. The summed E-state index contributed by atoms with van der Waals surface area (Å²) < 4.78 is 0. The van der Waals surface area contributed by atoms with Crippen molar-refractivity contribution >= 4 is 23.8 Å². The normalized spacial score (nSPS) is 20.1. The molecule has 0 aromatic heterocycles. The Bertz CT molecular complexity index is 545. The second-order valence-corrected chi connectivity index (χ2v) is 8.64. The maximum absolute atomic E-state index is 12.8. The highest BCUT2D eigenvalue weighted by molar-refractivity contribution is 5.92. The van der Waals surface area contributed by atoms with Gasteiger partial charge in [0, 0.05) is 11.8 Å². The summed E-state index contributed by atoms with van der Waals surface area (Å²) in [6.45, 7) is 4.14. The molecule has 8 nitrogen and oxygen atoms in total. The van der Waals surface area contributed by atoms with Gasteiger partial charge < -0.3 is 20.8 Å². The van der Waals surface area contributed by atoms with Gasteiger partial charge in [0.1, 0.15) is 12.1 Å². The van der Waals surface area contributed by atoms with Crippen LogP contribution in [-0.4, -0.2) is 46.0 Å². The highest BCUT2D eigenvalue weighted by atomic mass is 16.4. The molecule has 8 heteroatoms. The molecule has 0 aromatic carbocycles. The lowest BCUT2D eigenvalue weighted by atomic mass is 9.93. The van der Waals surface area contributed by atoms with Crippen LogP contribution in [0.1, 0.15) is 97.3 Å². The fraction of sp³-hybridized carbons (Fsp3) is 0.826. The van der Waals surface area contributed by atoms with Crippen LogP contribution in [0.5, 0.6) is 0 Å². The van der Waals surface area contributed by atoms with E-state index in [1.54, 1.807) is 0 Å². The van der Waals surface area contributed by atoms with Crippen molar-refractivity contribution in [3.63, 3.8) is 0 Å². The number of hydrogen-bond donors (Lipinski definition) is 4. The third kappa shape index (κ3) is 9.70. The van der Waals surface area contributed by atoms with E-state index in [1.807, 2.05) is 0 Å². The molecule has 0 spiro atoms. The van der Waals surface area contributed by atoms with Crippen molar-refractivity contribution in [1.82, 2.24) is 10.6 Å². The first-order valence-corrected chi connectivity index (χ1v) is 11.9. The zero-order valence-corrected chi connectivity index (χ0v) is 19.0. The van der Waals surface area contributed by atoms with Gasteiger partial charge in [-0.25, -0.2) is 9.59 Å². The van der Waals surface area contributed by atoms with Crippen LogP contribution in [0, 0.1) is 11.8 Å². The Morgan fingerprint density at radius 3 is 1.42 bits per heavy atom. The zero-order valence-electron chi connectivity index (χ0n) is 19.0. The van der Waals surface area contributed by atoms with Gasteiger partial charge in [0.15, 0.2) is 0 Å². The van der Waals surface area contributed by atoms with Gasteiger partial charge in [-0.1, -0.05) is 71.6 Å². The molecular formula is C23H40N2O6. The zero-order chi connectivity index (χ0) is 23.2. The lowest BCUT2D eigenvalue weighted by Crippen LogP contribution is -2.48. The largest absolute Gasteiger partial charge is 0.480 e. The third-order valence-electron chi connectivity index (χ3n) is 6.11. The summed E-state index contributed by atoms with van der Waals surface area (Å²) in [7, 11) is 0. The van der Waals surface area contributed by atoms with Crippen molar-refractivity contribution in [1.29, 1.82) is 0 Å². The van der Waals surface area contributed by atoms with Crippen LogP contribution >= 0.6 is 0 Å². The van der Waals surface area contributed by atoms with Crippen LogP contribution in [0.15, 0.2) is 0 Å². The van der Waals surface area contributed by atoms with Gasteiger partial charge >= 0.3 is 11.9 Å². The number of amides is 2. The van der Waals surface area contributed by atoms with E-state index >= 15 is 0 Å². The van der Waals surface area contributed by atoms with E-state index in [4.69, 9.17) is 0 Å². The molecule has 1 rings (SSSR count). The molecule has 0 unspecified atom stereocenters. The highest BCUT2D eigenvalue weighted by Crippen LogP contribution is 2.32. The first-order valence-electron chi connectivity index (χ1n) is 11.9. The van der Waals surface area contributed by atoms with Crippen molar-refractivity contribution < 1.29 is 29.4 Å². The van der Waals surface area contributed by atoms with Crippen molar-refractivity contribution in [2.75, 3.05) is 0 Å². The first kappa shape index (κ1) is 26.9. The number of aliphatic carboxylic acids is 2. The summed E-state index contributed by atoms with van der Waals surface area (Å²) in [5, 5.41) is 24.1. The topological polar surface area (TPSA) is 133 Å². The van der Waals surface area contributed by atoms with E-state index in [2.05, 4.69) is 24.5 Å². The van der Waals surface area contributed by atoms with Gasteiger partial charge in [-0.2, -0.15) is 0 Å². The fourth-order valence-corrected chi connectivity index (χ4v) is 4.21. The Kier molecular flexibility index (Phi) is 12.9. The maximum atomic E-state index is 12.8. The smallest absolute Gasteiger partial charge is 0.326 e. The molecule has 0 bridgehead atoms. The van der Waals surface area contributed by atoms with Crippen LogP contribution in [0.25, 0.3) is 0 Å². The molecule has 1 fully saturated rings. The molecular weight excluding hydrogens is 400 g/mol. The van der Waals surface area contributed by atoms with Gasteiger partial charge in [0.2, 0.25) is 11.8 Å². The molecule has 0 saturated heterocycles. The number of carboxylic acid groups (broad SMARTS) is 2. The Morgan fingerprint density at radius 1 is 0.710 bits per heavy atom. The molecule has 1 aliphatic carbocycles. The molecule has 0 aromatic rings. The van der Waals surface area contributed by atoms with Crippen molar-refractivity contribution in [3.8, 4) is 0 Å². The van der Waals surface area contributed by atoms with E-state index in [-0.39, 0.29) is 0 Å². The van der Waals surface area contributed by atoms with Gasteiger partial charge in [0.25, 0.3) is 0 Å². The molecule has 4 N–H and O–H groups in total. The van der Waals surface area contributed by atoms with E-state index < -0.39 is 47.7 Å². The molecule has 1 saturated carbocycles. The number of nitrogens with one attached hydrogen (secondary N) is 2. The van der Waals surface area contributed by atoms with Gasteiger partial charge in [0.05, 0.1) is 0 Å².